The molecule has 0 spiro atoms. The van der Waals surface area contributed by atoms with Gasteiger partial charge in [0.05, 0.1) is 25.9 Å². The molecule has 0 aromatic heterocycles. The Bertz CT molecular complexity index is 159. The van der Waals surface area contributed by atoms with Crippen LogP contribution in [-0.4, -0.2) is 42.8 Å². The zero-order chi connectivity index (χ0) is 10.6. The monoisotopic (exact) mass is 203 g/mol. The van der Waals surface area contributed by atoms with Crippen molar-refractivity contribution in [3.63, 3.8) is 0 Å². The predicted octanol–water partition coefficient (Wildman–Crippen LogP) is 0.498. The average molecular weight is 203 g/mol. The number of hydrogen-bond acceptors (Lipinski definition) is 4. The van der Waals surface area contributed by atoms with E-state index in [1.54, 1.807) is 0 Å². The molecule has 0 radical (unpaired) electrons. The van der Waals surface area contributed by atoms with Gasteiger partial charge in [0.15, 0.2) is 5.79 Å². The average Bonchev–Trinajstić information content (AvgIpc) is 2.16. The summed E-state index contributed by atoms with van der Waals surface area (Å²) in [5.74, 6) is -0.459. The van der Waals surface area contributed by atoms with Crippen LogP contribution < -0.4 is 5.32 Å². The highest BCUT2D eigenvalue weighted by molar-refractivity contribution is 4.77. The molecule has 0 unspecified atom stereocenters. The summed E-state index contributed by atoms with van der Waals surface area (Å²) in [6.45, 7) is 7.31. The van der Waals surface area contributed by atoms with Crippen molar-refractivity contribution in [3.05, 3.63) is 0 Å². The normalized spacial score (nSPS) is 24.9. The van der Waals surface area contributed by atoms with Crippen molar-refractivity contribution in [3.8, 4) is 0 Å². The molecule has 1 saturated heterocycles. The van der Waals surface area contributed by atoms with Crippen LogP contribution in [0, 0.1) is 0 Å². The van der Waals surface area contributed by atoms with Gasteiger partial charge in [0.2, 0.25) is 0 Å². The second kappa shape index (κ2) is 5.07. The Labute approximate surface area is 85.6 Å². The van der Waals surface area contributed by atoms with Gasteiger partial charge in [0.1, 0.15) is 0 Å². The van der Waals surface area contributed by atoms with E-state index in [-0.39, 0.29) is 18.7 Å². The minimum Gasteiger partial charge on any atom is -0.395 e. The molecule has 1 aliphatic rings. The van der Waals surface area contributed by atoms with E-state index >= 15 is 0 Å². The Morgan fingerprint density at radius 1 is 1.43 bits per heavy atom. The molecule has 2 N–H and O–H groups in total. The van der Waals surface area contributed by atoms with E-state index < -0.39 is 5.79 Å². The number of nitrogens with one attached hydrogen (secondary N) is 1. The van der Waals surface area contributed by atoms with Crippen molar-refractivity contribution in [2.75, 3.05) is 19.8 Å². The van der Waals surface area contributed by atoms with Crippen LogP contribution >= 0.6 is 0 Å². The molecule has 1 heterocycles. The van der Waals surface area contributed by atoms with Crippen LogP contribution in [0.3, 0.4) is 0 Å². The lowest BCUT2D eigenvalue weighted by Crippen LogP contribution is -2.52. The van der Waals surface area contributed by atoms with Gasteiger partial charge in [-0.25, -0.2) is 0 Å². The molecule has 14 heavy (non-hydrogen) atoms. The molecule has 0 saturated carbocycles. The van der Waals surface area contributed by atoms with Crippen molar-refractivity contribution in [2.24, 2.45) is 0 Å². The molecule has 0 aromatic carbocycles. The molecule has 0 bridgehead atoms. The first kappa shape index (κ1) is 11.9. The second-order valence-electron chi connectivity index (χ2n) is 4.17. The van der Waals surface area contributed by atoms with E-state index in [0.717, 1.165) is 6.42 Å². The number of aliphatic hydroxyl groups excluding tert-OH is 1. The molecular formula is C10H21NO3. The number of hydrogen-bond donors (Lipinski definition) is 2. The number of ether oxygens (including phenoxy) is 2. The summed E-state index contributed by atoms with van der Waals surface area (Å²) < 4.78 is 11.0. The first-order valence-electron chi connectivity index (χ1n) is 5.22. The molecule has 0 amide bonds. The van der Waals surface area contributed by atoms with Crippen LogP contribution in [0.1, 0.15) is 27.2 Å². The quantitative estimate of drug-likeness (QED) is 0.698. The molecule has 84 valence electrons. The fraction of sp³-hybridized carbons (Fsp3) is 1.00. The molecule has 1 aliphatic heterocycles. The van der Waals surface area contributed by atoms with E-state index in [9.17, 15) is 0 Å². The standard InChI is InChI=1S/C10H21NO3/c1-4-8(5-12)11-9-6-13-10(2,3)14-7-9/h8-9,11-12H,4-7H2,1-3H3/t8-/m0/s1. The minimum atomic E-state index is -0.459. The number of aliphatic hydroxyl groups is 1. The summed E-state index contributed by atoms with van der Waals surface area (Å²) in [4.78, 5) is 0. The van der Waals surface area contributed by atoms with Crippen LogP contribution in [-0.2, 0) is 9.47 Å². The fourth-order valence-electron chi connectivity index (χ4n) is 1.42. The van der Waals surface area contributed by atoms with Gasteiger partial charge in [-0.3, -0.25) is 0 Å². The second-order valence-corrected chi connectivity index (χ2v) is 4.17. The fourth-order valence-corrected chi connectivity index (χ4v) is 1.42. The Hall–Kier alpha value is -0.160. The van der Waals surface area contributed by atoms with Crippen LogP contribution in [0.4, 0.5) is 0 Å². The maximum absolute atomic E-state index is 9.02. The summed E-state index contributed by atoms with van der Waals surface area (Å²) in [6.07, 6.45) is 0.913. The highest BCUT2D eigenvalue weighted by atomic mass is 16.7. The lowest BCUT2D eigenvalue weighted by Gasteiger charge is -2.36. The minimum absolute atomic E-state index is 0.147. The third-order valence-electron chi connectivity index (χ3n) is 2.45. The van der Waals surface area contributed by atoms with Gasteiger partial charge < -0.3 is 19.9 Å². The topological polar surface area (TPSA) is 50.7 Å². The van der Waals surface area contributed by atoms with E-state index in [1.807, 2.05) is 20.8 Å². The lowest BCUT2D eigenvalue weighted by molar-refractivity contribution is -0.253. The van der Waals surface area contributed by atoms with Crippen molar-refractivity contribution in [1.29, 1.82) is 0 Å². The van der Waals surface area contributed by atoms with E-state index in [0.29, 0.717) is 13.2 Å². The first-order valence-corrected chi connectivity index (χ1v) is 5.22. The SMILES string of the molecule is CC[C@@H](CO)NC1COC(C)(C)OC1. The third-order valence-corrected chi connectivity index (χ3v) is 2.45. The van der Waals surface area contributed by atoms with Crippen LogP contribution in [0.5, 0.6) is 0 Å². The highest BCUT2D eigenvalue weighted by Gasteiger charge is 2.28. The van der Waals surface area contributed by atoms with Crippen molar-refractivity contribution >= 4 is 0 Å². The summed E-state index contributed by atoms with van der Waals surface area (Å²) in [6, 6.07) is 0.341. The molecule has 1 rings (SSSR count). The van der Waals surface area contributed by atoms with Crippen LogP contribution in [0.2, 0.25) is 0 Å². The molecular weight excluding hydrogens is 182 g/mol. The molecule has 4 nitrogen and oxygen atoms in total. The van der Waals surface area contributed by atoms with Gasteiger partial charge in [-0.2, -0.15) is 0 Å². The maximum Gasteiger partial charge on any atom is 0.162 e. The first-order chi connectivity index (χ1) is 6.57. The maximum atomic E-state index is 9.02. The van der Waals surface area contributed by atoms with Crippen LogP contribution in [0.25, 0.3) is 0 Å². The van der Waals surface area contributed by atoms with E-state index in [4.69, 9.17) is 14.6 Å². The molecule has 0 aromatic rings. The van der Waals surface area contributed by atoms with Gasteiger partial charge >= 0.3 is 0 Å². The van der Waals surface area contributed by atoms with Gasteiger partial charge in [0.25, 0.3) is 0 Å². The number of rotatable bonds is 4. The highest BCUT2D eigenvalue weighted by Crippen LogP contribution is 2.17. The molecule has 1 fully saturated rings. The van der Waals surface area contributed by atoms with Gasteiger partial charge in [0, 0.05) is 6.04 Å². The van der Waals surface area contributed by atoms with Gasteiger partial charge in [-0.15, -0.1) is 0 Å². The zero-order valence-electron chi connectivity index (χ0n) is 9.25. The van der Waals surface area contributed by atoms with E-state index in [1.165, 1.54) is 0 Å². The molecule has 4 heteroatoms. The summed E-state index contributed by atoms with van der Waals surface area (Å²) in [5, 5.41) is 12.3. The Morgan fingerprint density at radius 3 is 2.43 bits per heavy atom. The van der Waals surface area contributed by atoms with Crippen LogP contribution in [0.15, 0.2) is 0 Å². The summed E-state index contributed by atoms with van der Waals surface area (Å²) >= 11 is 0. The lowest BCUT2D eigenvalue weighted by atomic mass is 10.2. The van der Waals surface area contributed by atoms with Crippen molar-refractivity contribution in [2.45, 2.75) is 45.1 Å². The van der Waals surface area contributed by atoms with E-state index in [2.05, 4.69) is 5.32 Å². The zero-order valence-corrected chi connectivity index (χ0v) is 9.25. The smallest absolute Gasteiger partial charge is 0.162 e. The van der Waals surface area contributed by atoms with Crippen molar-refractivity contribution < 1.29 is 14.6 Å². The Balaban J connectivity index is 2.28. The molecule has 1 atom stereocenters. The summed E-state index contributed by atoms with van der Waals surface area (Å²) in [5.41, 5.74) is 0. The third kappa shape index (κ3) is 3.53. The molecule has 0 aliphatic carbocycles. The van der Waals surface area contributed by atoms with Crippen molar-refractivity contribution in [1.82, 2.24) is 5.32 Å². The predicted molar refractivity (Wildman–Crippen MR) is 54.1 cm³/mol. The van der Waals surface area contributed by atoms with Gasteiger partial charge in [-0.05, 0) is 20.3 Å². The Kier molecular flexibility index (Phi) is 4.31. The Morgan fingerprint density at radius 2 is 2.00 bits per heavy atom. The summed E-state index contributed by atoms with van der Waals surface area (Å²) in [7, 11) is 0. The van der Waals surface area contributed by atoms with Gasteiger partial charge in [-0.1, -0.05) is 6.92 Å². The largest absolute Gasteiger partial charge is 0.395 e.